The fourth-order valence-corrected chi connectivity index (χ4v) is 11.8. The maximum absolute atomic E-state index is 2.44. The summed E-state index contributed by atoms with van der Waals surface area (Å²) in [5, 5.41) is 23.0. The van der Waals surface area contributed by atoms with E-state index in [-0.39, 0.29) is 0 Å². The number of hydrogen-bond donors (Lipinski definition) is 0. The molecule has 0 N–H and O–H groups in total. The van der Waals surface area contributed by atoms with Crippen molar-refractivity contribution in [3.8, 4) is 0 Å². The Kier molecular flexibility index (Phi) is 7.91. The molecule has 4 aliphatic rings. The molecule has 0 aromatic heterocycles. The molecule has 68 heavy (non-hydrogen) atoms. The number of nitrogens with zero attached hydrogens (tertiary/aromatic N) is 1. The maximum atomic E-state index is 2.44. The van der Waals surface area contributed by atoms with Gasteiger partial charge in [-0.3, -0.25) is 0 Å². The third-order valence-corrected chi connectivity index (χ3v) is 15.0. The normalized spacial score (nSPS) is 15.1. The summed E-state index contributed by atoms with van der Waals surface area (Å²) in [6.45, 7) is 0. The van der Waals surface area contributed by atoms with Crippen LogP contribution in [0, 0.1) is 10.4 Å². The minimum Gasteiger partial charge on any atom is -0.310 e. The van der Waals surface area contributed by atoms with Crippen LogP contribution in [0.3, 0.4) is 0 Å². The zero-order valence-electron chi connectivity index (χ0n) is 37.2. The van der Waals surface area contributed by atoms with Gasteiger partial charge in [-0.05, 0) is 191 Å². The summed E-state index contributed by atoms with van der Waals surface area (Å²) in [5.41, 5.74) is 10.7. The Morgan fingerprint density at radius 1 is 0.294 bits per heavy atom. The summed E-state index contributed by atoms with van der Waals surface area (Å²) in [4.78, 5) is 2.44. The first-order valence-corrected chi connectivity index (χ1v) is 23.8. The molecule has 15 rings (SSSR count). The first-order valence-electron chi connectivity index (χ1n) is 23.8. The lowest BCUT2D eigenvalue weighted by Crippen LogP contribution is -2.26. The van der Waals surface area contributed by atoms with Crippen molar-refractivity contribution in [1.29, 1.82) is 0 Å². The van der Waals surface area contributed by atoms with Gasteiger partial charge < -0.3 is 4.90 Å². The van der Waals surface area contributed by atoms with Crippen LogP contribution in [0.25, 0.3) is 104 Å². The Morgan fingerprint density at radius 2 is 0.676 bits per heavy atom. The molecule has 0 unspecified atom stereocenters. The number of rotatable bonds is 3. The number of allylic oxidation sites excluding steroid dienone is 9. The van der Waals surface area contributed by atoms with Crippen molar-refractivity contribution in [3.05, 3.63) is 279 Å². The second kappa shape index (κ2) is 14.4. The van der Waals surface area contributed by atoms with Crippen LogP contribution >= 0.6 is 0 Å². The van der Waals surface area contributed by atoms with Crippen molar-refractivity contribution in [2.45, 2.75) is 6.42 Å². The molecule has 3 aliphatic heterocycles. The summed E-state index contributed by atoms with van der Waals surface area (Å²) in [7, 11) is 0. The van der Waals surface area contributed by atoms with Crippen LogP contribution in [0.2, 0.25) is 0 Å². The summed E-state index contributed by atoms with van der Waals surface area (Å²) >= 11 is 0. The molecular weight excluding hydrogens is 819 g/mol. The van der Waals surface area contributed by atoms with E-state index in [1.54, 1.807) is 0 Å². The lowest BCUT2D eigenvalue weighted by Gasteiger charge is -2.37. The molecule has 0 spiro atoms. The van der Waals surface area contributed by atoms with Gasteiger partial charge in [-0.2, -0.15) is 0 Å². The fourth-order valence-electron chi connectivity index (χ4n) is 11.8. The van der Waals surface area contributed by atoms with Crippen LogP contribution in [0.4, 0.5) is 0 Å². The minimum absolute atomic E-state index is 0.908. The van der Waals surface area contributed by atoms with Crippen molar-refractivity contribution in [3.63, 3.8) is 0 Å². The van der Waals surface area contributed by atoms with Gasteiger partial charge in [0, 0.05) is 17.1 Å². The number of fused-ring (bicyclic) bond motifs is 14. The largest absolute Gasteiger partial charge is 0.310 e. The van der Waals surface area contributed by atoms with Gasteiger partial charge in [0.25, 0.3) is 0 Å². The lowest BCUT2D eigenvalue weighted by molar-refractivity contribution is 0.567. The molecule has 0 atom stereocenters. The minimum atomic E-state index is 0.908. The van der Waals surface area contributed by atoms with Gasteiger partial charge in [-0.1, -0.05) is 182 Å². The molecule has 0 saturated heterocycles. The predicted molar refractivity (Wildman–Crippen MR) is 289 cm³/mol. The van der Waals surface area contributed by atoms with Crippen LogP contribution in [0.1, 0.15) is 23.1 Å². The quantitative estimate of drug-likeness (QED) is 0.160. The number of hydrogen-bond acceptors (Lipinski definition) is 1. The zero-order valence-corrected chi connectivity index (χ0v) is 37.2. The van der Waals surface area contributed by atoms with E-state index in [1.807, 2.05) is 0 Å². The topological polar surface area (TPSA) is 3.24 Å². The van der Waals surface area contributed by atoms with Crippen LogP contribution in [-0.2, 0) is 0 Å². The first-order chi connectivity index (χ1) is 33.6. The Hall–Kier alpha value is -8.78. The van der Waals surface area contributed by atoms with E-state index in [0.29, 0.717) is 0 Å². The van der Waals surface area contributed by atoms with Gasteiger partial charge in [-0.15, -0.1) is 0 Å². The summed E-state index contributed by atoms with van der Waals surface area (Å²) in [6.07, 6.45) is 20.1. The van der Waals surface area contributed by atoms with E-state index in [1.165, 1.54) is 130 Å². The molecule has 0 fully saturated rings. The zero-order chi connectivity index (χ0) is 44.5. The van der Waals surface area contributed by atoms with Gasteiger partial charge >= 0.3 is 0 Å². The van der Waals surface area contributed by atoms with E-state index < -0.39 is 0 Å². The van der Waals surface area contributed by atoms with E-state index in [4.69, 9.17) is 0 Å². The summed E-state index contributed by atoms with van der Waals surface area (Å²) < 4.78 is 0. The van der Waals surface area contributed by atoms with E-state index in [2.05, 4.69) is 242 Å². The van der Waals surface area contributed by atoms with Crippen LogP contribution in [0.15, 0.2) is 242 Å². The van der Waals surface area contributed by atoms with Crippen LogP contribution in [0.5, 0.6) is 0 Å². The molecule has 314 valence electrons. The molecule has 11 aromatic rings. The molecule has 11 aromatic carbocycles. The van der Waals surface area contributed by atoms with Crippen molar-refractivity contribution in [2.75, 3.05) is 0 Å². The Morgan fingerprint density at radius 3 is 1.22 bits per heavy atom. The molecular formula is C67H41N. The van der Waals surface area contributed by atoms with Crippen LogP contribution in [-0.4, -0.2) is 4.90 Å². The Bertz CT molecular complexity index is 4400. The first kappa shape index (κ1) is 37.4. The molecule has 0 amide bonds. The van der Waals surface area contributed by atoms with Crippen molar-refractivity contribution in [2.24, 2.45) is 0 Å². The predicted octanol–water partition coefficient (Wildman–Crippen LogP) is 15.6. The smallest absolute Gasteiger partial charge is 0.0474 e. The Balaban J connectivity index is 0.963. The highest BCUT2D eigenvalue weighted by atomic mass is 15.2. The van der Waals surface area contributed by atoms with E-state index in [9.17, 15) is 0 Å². The second-order valence-corrected chi connectivity index (χ2v) is 18.8. The fraction of sp³-hybridized carbons (Fsp3) is 0.0149. The monoisotopic (exact) mass is 859 g/mol. The second-order valence-electron chi connectivity index (χ2n) is 18.8. The van der Waals surface area contributed by atoms with E-state index >= 15 is 0 Å². The van der Waals surface area contributed by atoms with Crippen molar-refractivity contribution in [1.82, 2.24) is 4.90 Å². The third-order valence-electron chi connectivity index (χ3n) is 15.0. The maximum Gasteiger partial charge on any atom is 0.0474 e. The molecule has 1 heteroatoms. The molecule has 0 radical (unpaired) electrons. The van der Waals surface area contributed by atoms with Gasteiger partial charge in [-0.25, -0.2) is 0 Å². The van der Waals surface area contributed by atoms with Crippen molar-refractivity contribution >= 4 is 104 Å². The van der Waals surface area contributed by atoms with Crippen LogP contribution < -0.4 is 10.4 Å². The van der Waals surface area contributed by atoms with Gasteiger partial charge in [0.05, 0.1) is 0 Å². The highest BCUT2D eigenvalue weighted by Gasteiger charge is 2.28. The summed E-state index contributed by atoms with van der Waals surface area (Å²) in [6, 6.07) is 70.2. The van der Waals surface area contributed by atoms with E-state index in [0.717, 1.165) is 23.5 Å². The SMILES string of the molecule is C1=C(c2ccc3c(c2)=c2c(ccc4ccccc24)=CCC=3)C=C2C=C(c3ccc4ccc5ccc6ccccc6c5c4c3)C=C3C=C(c4ccc5ccc6ccc7ccccc7c6c5c4)C=C1N23. The van der Waals surface area contributed by atoms with Crippen molar-refractivity contribution < 1.29 is 0 Å². The molecule has 1 nitrogen and oxygen atoms in total. The Labute approximate surface area is 392 Å². The third kappa shape index (κ3) is 5.69. The van der Waals surface area contributed by atoms with Gasteiger partial charge in [0.15, 0.2) is 0 Å². The molecule has 3 heterocycles. The average Bonchev–Trinajstić information content (AvgIpc) is 3.59. The molecule has 0 bridgehead atoms. The highest BCUT2D eigenvalue weighted by Crippen LogP contribution is 2.44. The summed E-state index contributed by atoms with van der Waals surface area (Å²) in [5.74, 6) is 0. The average molecular weight is 860 g/mol. The molecule has 1 aliphatic carbocycles. The lowest BCUT2D eigenvalue weighted by atomic mass is 9.87. The number of benzene rings is 11. The van der Waals surface area contributed by atoms with Gasteiger partial charge in [0.1, 0.15) is 0 Å². The highest BCUT2D eigenvalue weighted by molar-refractivity contribution is 6.22. The van der Waals surface area contributed by atoms with Gasteiger partial charge in [0.2, 0.25) is 0 Å². The molecule has 0 saturated carbocycles. The standard InChI is InChI=1S/C67H41N/c1-4-13-59-41(8-1)16-24-47-12-7-11-44-21-29-50(38-62(44)65(47)59)53-32-56-34-54(51-30-22-45-19-27-48-25-17-42-9-2-5-14-60(42)66(48)63(45)39-51)36-58-37-55(35-57(33-53)68(56)58)52-31-23-46-20-28-49-26-18-43-10-3-6-15-61(43)67(49)64(46)40-52/h1-6,8-40H,7H2.